The Kier molecular flexibility index (Phi) is 3.08. The lowest BCUT2D eigenvalue weighted by Gasteiger charge is -2.12. The predicted octanol–water partition coefficient (Wildman–Crippen LogP) is 0.654. The van der Waals surface area contributed by atoms with E-state index in [1.165, 1.54) is 0 Å². The zero-order valence-corrected chi connectivity index (χ0v) is 7.16. The van der Waals surface area contributed by atoms with Gasteiger partial charge in [0.15, 0.2) is 0 Å². The fourth-order valence-electron chi connectivity index (χ4n) is 1.10. The summed E-state index contributed by atoms with van der Waals surface area (Å²) in [6.07, 6.45) is 0. The molecule has 0 spiro atoms. The minimum atomic E-state index is -0.138. The summed E-state index contributed by atoms with van der Waals surface area (Å²) in [6.45, 7) is 0.431. The van der Waals surface area contributed by atoms with Crippen molar-refractivity contribution in [3.05, 3.63) is 29.8 Å². The third kappa shape index (κ3) is 1.75. The van der Waals surface area contributed by atoms with Crippen molar-refractivity contribution in [2.45, 2.75) is 6.04 Å². The fraction of sp³-hybridized carbons (Fsp3) is 0.333. The normalized spacial score (nSPS) is 12.6. The Morgan fingerprint density at radius 1 is 1.42 bits per heavy atom. The molecule has 0 bridgehead atoms. The molecule has 1 aromatic carbocycles. The van der Waals surface area contributed by atoms with Gasteiger partial charge in [0.25, 0.3) is 0 Å². The summed E-state index contributed by atoms with van der Waals surface area (Å²) in [5.41, 5.74) is 12.2. The quantitative estimate of drug-likeness (QED) is 0.693. The van der Waals surface area contributed by atoms with Crippen LogP contribution in [0.4, 0.5) is 0 Å². The molecule has 0 aliphatic carbocycles. The second kappa shape index (κ2) is 4.09. The van der Waals surface area contributed by atoms with Crippen LogP contribution in [0.3, 0.4) is 0 Å². The second-order valence-corrected chi connectivity index (χ2v) is 2.58. The molecule has 0 radical (unpaired) electrons. The molecule has 0 amide bonds. The van der Waals surface area contributed by atoms with E-state index in [1.54, 1.807) is 7.11 Å². The third-order valence-electron chi connectivity index (χ3n) is 1.79. The number of ether oxygens (including phenoxy) is 1. The Bertz CT molecular complexity index is 250. The number of benzene rings is 1. The van der Waals surface area contributed by atoms with Gasteiger partial charge in [-0.1, -0.05) is 18.2 Å². The van der Waals surface area contributed by atoms with Crippen molar-refractivity contribution in [2.24, 2.45) is 11.5 Å². The summed E-state index contributed by atoms with van der Waals surface area (Å²) in [7, 11) is 1.63. The average molecular weight is 166 g/mol. The first-order chi connectivity index (χ1) is 5.79. The van der Waals surface area contributed by atoms with Crippen molar-refractivity contribution in [1.82, 2.24) is 0 Å². The van der Waals surface area contributed by atoms with E-state index < -0.39 is 0 Å². The van der Waals surface area contributed by atoms with Crippen molar-refractivity contribution in [3.63, 3.8) is 0 Å². The Balaban J connectivity index is 2.96. The molecule has 3 heteroatoms. The van der Waals surface area contributed by atoms with Crippen molar-refractivity contribution < 1.29 is 4.74 Å². The zero-order valence-electron chi connectivity index (χ0n) is 7.16. The molecule has 0 saturated carbocycles. The van der Waals surface area contributed by atoms with Gasteiger partial charge >= 0.3 is 0 Å². The molecule has 66 valence electrons. The van der Waals surface area contributed by atoms with Crippen LogP contribution in [0.15, 0.2) is 24.3 Å². The van der Waals surface area contributed by atoms with E-state index in [0.717, 1.165) is 11.3 Å². The van der Waals surface area contributed by atoms with Gasteiger partial charge in [0, 0.05) is 18.2 Å². The predicted molar refractivity (Wildman–Crippen MR) is 49.0 cm³/mol. The van der Waals surface area contributed by atoms with E-state index in [4.69, 9.17) is 16.2 Å². The molecule has 1 atom stereocenters. The first-order valence-electron chi connectivity index (χ1n) is 3.88. The van der Waals surface area contributed by atoms with Crippen LogP contribution in [0.25, 0.3) is 0 Å². The highest BCUT2D eigenvalue weighted by Gasteiger charge is 2.08. The van der Waals surface area contributed by atoms with Crippen LogP contribution in [-0.4, -0.2) is 13.7 Å². The Labute approximate surface area is 72.3 Å². The van der Waals surface area contributed by atoms with E-state index in [-0.39, 0.29) is 6.04 Å². The molecule has 1 aromatic rings. The van der Waals surface area contributed by atoms with Gasteiger partial charge in [0.2, 0.25) is 0 Å². The maximum absolute atomic E-state index is 5.77. The van der Waals surface area contributed by atoms with Gasteiger partial charge < -0.3 is 16.2 Å². The molecule has 4 N–H and O–H groups in total. The van der Waals surface area contributed by atoms with Gasteiger partial charge in [-0.3, -0.25) is 0 Å². The van der Waals surface area contributed by atoms with Gasteiger partial charge in [-0.25, -0.2) is 0 Å². The molecule has 0 unspecified atom stereocenters. The summed E-state index contributed by atoms with van der Waals surface area (Å²) in [6, 6.07) is 7.50. The Morgan fingerprint density at radius 3 is 2.67 bits per heavy atom. The molecule has 1 rings (SSSR count). The van der Waals surface area contributed by atoms with Crippen LogP contribution in [0.5, 0.6) is 5.75 Å². The number of hydrogen-bond acceptors (Lipinski definition) is 3. The smallest absolute Gasteiger partial charge is 0.123 e. The molecule has 0 saturated heterocycles. The molecule has 0 heterocycles. The average Bonchev–Trinajstić information content (AvgIpc) is 2.16. The van der Waals surface area contributed by atoms with Crippen LogP contribution in [-0.2, 0) is 0 Å². The molecular weight excluding hydrogens is 152 g/mol. The largest absolute Gasteiger partial charge is 0.496 e. The molecule has 0 aliphatic heterocycles. The highest BCUT2D eigenvalue weighted by Crippen LogP contribution is 2.21. The number of methoxy groups -OCH3 is 1. The molecule has 0 aromatic heterocycles. The summed E-state index contributed by atoms with van der Waals surface area (Å²) in [5.74, 6) is 0.801. The third-order valence-corrected chi connectivity index (χ3v) is 1.79. The molecule has 12 heavy (non-hydrogen) atoms. The van der Waals surface area contributed by atoms with Crippen LogP contribution >= 0.6 is 0 Å². The van der Waals surface area contributed by atoms with Crippen LogP contribution in [0.2, 0.25) is 0 Å². The SMILES string of the molecule is COc1ccccc1[C@@H](N)CN. The molecule has 3 nitrogen and oxygen atoms in total. The minimum Gasteiger partial charge on any atom is -0.496 e. The standard InChI is InChI=1S/C9H14N2O/c1-12-9-5-3-2-4-7(9)8(11)6-10/h2-5,8H,6,10-11H2,1H3/t8-/m0/s1. The lowest BCUT2D eigenvalue weighted by Crippen LogP contribution is -2.21. The first-order valence-corrected chi connectivity index (χ1v) is 3.88. The van der Waals surface area contributed by atoms with Crippen LogP contribution in [0.1, 0.15) is 11.6 Å². The van der Waals surface area contributed by atoms with E-state index in [9.17, 15) is 0 Å². The van der Waals surface area contributed by atoms with Gasteiger partial charge in [-0.15, -0.1) is 0 Å². The van der Waals surface area contributed by atoms with Gasteiger partial charge in [0.1, 0.15) is 5.75 Å². The van der Waals surface area contributed by atoms with Crippen LogP contribution < -0.4 is 16.2 Å². The maximum atomic E-state index is 5.77. The number of para-hydroxylation sites is 1. The zero-order chi connectivity index (χ0) is 8.97. The van der Waals surface area contributed by atoms with Gasteiger partial charge in [-0.05, 0) is 6.07 Å². The Hall–Kier alpha value is -1.06. The Morgan fingerprint density at radius 2 is 2.08 bits per heavy atom. The summed E-state index contributed by atoms with van der Waals surface area (Å²) < 4.78 is 5.13. The van der Waals surface area contributed by atoms with Crippen molar-refractivity contribution >= 4 is 0 Å². The molecule has 0 fully saturated rings. The first kappa shape index (κ1) is 9.03. The van der Waals surface area contributed by atoms with Crippen LogP contribution in [0, 0.1) is 0 Å². The van der Waals surface area contributed by atoms with Gasteiger partial charge in [0.05, 0.1) is 7.11 Å². The molecule has 0 aliphatic rings. The number of nitrogens with two attached hydrogens (primary N) is 2. The van der Waals surface area contributed by atoms with E-state index in [0.29, 0.717) is 6.54 Å². The summed E-state index contributed by atoms with van der Waals surface area (Å²) in [5, 5.41) is 0. The number of rotatable bonds is 3. The van der Waals surface area contributed by atoms with Crippen molar-refractivity contribution in [2.75, 3.05) is 13.7 Å². The maximum Gasteiger partial charge on any atom is 0.123 e. The summed E-state index contributed by atoms with van der Waals surface area (Å²) in [4.78, 5) is 0. The lowest BCUT2D eigenvalue weighted by molar-refractivity contribution is 0.406. The van der Waals surface area contributed by atoms with Crippen molar-refractivity contribution in [1.29, 1.82) is 0 Å². The highest BCUT2D eigenvalue weighted by molar-refractivity contribution is 5.35. The van der Waals surface area contributed by atoms with E-state index >= 15 is 0 Å². The van der Waals surface area contributed by atoms with Crippen molar-refractivity contribution in [3.8, 4) is 5.75 Å². The lowest BCUT2D eigenvalue weighted by atomic mass is 10.1. The second-order valence-electron chi connectivity index (χ2n) is 2.58. The fourth-order valence-corrected chi connectivity index (χ4v) is 1.10. The topological polar surface area (TPSA) is 61.3 Å². The van der Waals surface area contributed by atoms with E-state index in [1.807, 2.05) is 24.3 Å². The van der Waals surface area contributed by atoms with E-state index in [2.05, 4.69) is 0 Å². The highest BCUT2D eigenvalue weighted by atomic mass is 16.5. The molecular formula is C9H14N2O. The van der Waals surface area contributed by atoms with Gasteiger partial charge in [-0.2, -0.15) is 0 Å². The minimum absolute atomic E-state index is 0.138. The summed E-state index contributed by atoms with van der Waals surface area (Å²) >= 11 is 0. The monoisotopic (exact) mass is 166 g/mol. The number of hydrogen-bond donors (Lipinski definition) is 2.